The minimum atomic E-state index is -0.621. The maximum absolute atomic E-state index is 11.6. The Morgan fingerprint density at radius 1 is 1.47 bits per heavy atom. The van der Waals surface area contributed by atoms with E-state index in [0.717, 1.165) is 4.47 Å². The molecule has 0 aliphatic carbocycles. The van der Waals surface area contributed by atoms with Crippen LogP contribution in [-0.4, -0.2) is 19.2 Å². The van der Waals surface area contributed by atoms with Crippen LogP contribution < -0.4 is 4.74 Å². The third-order valence-corrected chi connectivity index (χ3v) is 2.79. The van der Waals surface area contributed by atoms with Gasteiger partial charge in [0.05, 0.1) is 17.7 Å². The molecule has 0 aromatic heterocycles. The number of rotatable bonds is 4. The van der Waals surface area contributed by atoms with Crippen molar-refractivity contribution >= 4 is 28.0 Å². The van der Waals surface area contributed by atoms with Gasteiger partial charge in [-0.3, -0.25) is 0 Å². The monoisotopic (exact) mass is 323 g/mol. The maximum Gasteiger partial charge on any atom is 0.349 e. The second kappa shape index (κ2) is 6.95. The van der Waals surface area contributed by atoms with Crippen molar-refractivity contribution in [3.05, 3.63) is 33.8 Å². The smallest absolute Gasteiger partial charge is 0.349 e. The van der Waals surface area contributed by atoms with Gasteiger partial charge in [-0.2, -0.15) is 5.26 Å². The Labute approximate surface area is 120 Å². The summed E-state index contributed by atoms with van der Waals surface area (Å²) >= 11 is 3.34. The maximum atomic E-state index is 11.6. The predicted octanol–water partition coefficient (Wildman–Crippen LogP) is 3.32. The summed E-state index contributed by atoms with van der Waals surface area (Å²) in [6.45, 7) is 3.47. The van der Waals surface area contributed by atoms with Gasteiger partial charge in [0, 0.05) is 0 Å². The minimum absolute atomic E-state index is 0.0363. The summed E-state index contributed by atoms with van der Waals surface area (Å²) in [5.41, 5.74) is 0.677. The zero-order valence-electron chi connectivity index (χ0n) is 10.9. The Morgan fingerprint density at radius 3 is 2.63 bits per heavy atom. The summed E-state index contributed by atoms with van der Waals surface area (Å²) in [6.07, 6.45) is 1.22. The summed E-state index contributed by atoms with van der Waals surface area (Å²) < 4.78 is 10.8. The fourth-order valence-electron chi connectivity index (χ4n) is 1.35. The molecular weight excluding hydrogens is 310 g/mol. The molecule has 0 atom stereocenters. The Kier molecular flexibility index (Phi) is 5.58. The van der Waals surface area contributed by atoms with Crippen molar-refractivity contribution in [2.75, 3.05) is 7.11 Å². The van der Waals surface area contributed by atoms with Crippen LogP contribution in [-0.2, 0) is 9.53 Å². The molecule has 100 valence electrons. The highest BCUT2D eigenvalue weighted by Gasteiger charge is 2.12. The van der Waals surface area contributed by atoms with Gasteiger partial charge in [0.15, 0.2) is 0 Å². The number of hydrogen-bond donors (Lipinski definition) is 0. The molecule has 0 saturated carbocycles. The lowest BCUT2D eigenvalue weighted by atomic mass is 10.1. The summed E-state index contributed by atoms with van der Waals surface area (Å²) in [7, 11) is 1.57. The number of ether oxygens (including phenoxy) is 2. The van der Waals surface area contributed by atoms with Gasteiger partial charge in [0.25, 0.3) is 0 Å². The molecule has 0 amide bonds. The fourth-order valence-corrected chi connectivity index (χ4v) is 1.91. The first-order valence-corrected chi connectivity index (χ1v) is 6.43. The number of nitriles is 1. The number of carbonyl (C=O) groups is 1. The van der Waals surface area contributed by atoms with Crippen LogP contribution in [0.15, 0.2) is 28.2 Å². The largest absolute Gasteiger partial charge is 0.496 e. The number of methoxy groups -OCH3 is 1. The van der Waals surface area contributed by atoms with Crippen LogP contribution in [0.3, 0.4) is 0 Å². The normalized spacial score (nSPS) is 11.1. The lowest BCUT2D eigenvalue weighted by Gasteiger charge is -2.07. The Hall–Kier alpha value is -1.80. The highest BCUT2D eigenvalue weighted by Crippen LogP contribution is 2.26. The molecule has 19 heavy (non-hydrogen) atoms. The van der Waals surface area contributed by atoms with Crippen molar-refractivity contribution in [3.63, 3.8) is 0 Å². The first-order chi connectivity index (χ1) is 8.97. The Balaban J connectivity index is 3.02. The van der Waals surface area contributed by atoms with Crippen molar-refractivity contribution in [1.29, 1.82) is 5.26 Å². The van der Waals surface area contributed by atoms with E-state index >= 15 is 0 Å². The molecule has 0 aliphatic heterocycles. The molecule has 0 fully saturated rings. The second-order valence-corrected chi connectivity index (χ2v) is 4.87. The Morgan fingerprint density at radius 2 is 2.16 bits per heavy atom. The van der Waals surface area contributed by atoms with Crippen LogP contribution in [0.1, 0.15) is 19.4 Å². The summed E-state index contributed by atoms with van der Waals surface area (Å²) in [5, 5.41) is 8.99. The lowest BCUT2D eigenvalue weighted by Crippen LogP contribution is -2.12. The summed E-state index contributed by atoms with van der Waals surface area (Å²) in [6, 6.07) is 7.11. The van der Waals surface area contributed by atoms with Gasteiger partial charge in [-0.15, -0.1) is 0 Å². The van der Waals surface area contributed by atoms with Gasteiger partial charge in [-0.05, 0) is 53.5 Å². The van der Waals surface area contributed by atoms with Crippen molar-refractivity contribution in [2.45, 2.75) is 20.0 Å². The van der Waals surface area contributed by atoms with E-state index in [1.165, 1.54) is 6.08 Å². The first-order valence-electron chi connectivity index (χ1n) is 5.64. The molecule has 0 N–H and O–H groups in total. The SMILES string of the molecule is COc1ccc(/C=C(\C#N)C(=O)OC(C)C)cc1Br. The van der Waals surface area contributed by atoms with E-state index in [9.17, 15) is 4.79 Å². The molecule has 1 aromatic rings. The van der Waals surface area contributed by atoms with Gasteiger partial charge in [0.1, 0.15) is 17.4 Å². The third kappa shape index (κ3) is 4.42. The fraction of sp³-hybridized carbons (Fsp3) is 0.286. The van der Waals surface area contributed by atoms with Gasteiger partial charge >= 0.3 is 5.97 Å². The van der Waals surface area contributed by atoms with Crippen molar-refractivity contribution in [3.8, 4) is 11.8 Å². The molecule has 0 spiro atoms. The third-order valence-electron chi connectivity index (χ3n) is 2.17. The number of esters is 1. The van der Waals surface area contributed by atoms with Crippen LogP contribution in [0.2, 0.25) is 0 Å². The second-order valence-electron chi connectivity index (χ2n) is 4.02. The van der Waals surface area contributed by atoms with Crippen LogP contribution in [0, 0.1) is 11.3 Å². The van der Waals surface area contributed by atoms with Crippen LogP contribution in [0.5, 0.6) is 5.75 Å². The molecular formula is C14H14BrNO3. The first kappa shape index (κ1) is 15.3. The van der Waals surface area contributed by atoms with Gasteiger partial charge in [-0.25, -0.2) is 4.79 Å². The topological polar surface area (TPSA) is 59.3 Å². The van der Waals surface area contributed by atoms with E-state index in [-0.39, 0.29) is 11.7 Å². The van der Waals surface area contributed by atoms with Crippen molar-refractivity contribution in [2.24, 2.45) is 0 Å². The van der Waals surface area contributed by atoms with E-state index in [2.05, 4.69) is 15.9 Å². The van der Waals surface area contributed by atoms with Crippen molar-refractivity contribution < 1.29 is 14.3 Å². The highest BCUT2D eigenvalue weighted by atomic mass is 79.9. The highest BCUT2D eigenvalue weighted by molar-refractivity contribution is 9.10. The van der Waals surface area contributed by atoms with E-state index in [1.54, 1.807) is 39.2 Å². The molecule has 4 nitrogen and oxygen atoms in total. The quantitative estimate of drug-likeness (QED) is 0.484. The molecule has 0 heterocycles. The molecule has 1 rings (SSSR count). The average Bonchev–Trinajstić information content (AvgIpc) is 2.35. The minimum Gasteiger partial charge on any atom is -0.496 e. The Bertz CT molecular complexity index is 544. The predicted molar refractivity (Wildman–Crippen MR) is 75.5 cm³/mol. The van der Waals surface area contributed by atoms with Crippen LogP contribution >= 0.6 is 15.9 Å². The van der Waals surface area contributed by atoms with Gasteiger partial charge in [0.2, 0.25) is 0 Å². The number of carbonyl (C=O) groups excluding carboxylic acids is 1. The van der Waals surface area contributed by atoms with E-state index in [1.807, 2.05) is 6.07 Å². The lowest BCUT2D eigenvalue weighted by molar-refractivity contribution is -0.142. The van der Waals surface area contributed by atoms with Crippen molar-refractivity contribution in [1.82, 2.24) is 0 Å². The summed E-state index contributed by atoms with van der Waals surface area (Å²) in [5.74, 6) is 0.0601. The number of hydrogen-bond acceptors (Lipinski definition) is 4. The standard InChI is InChI=1S/C14H14BrNO3/c1-9(2)19-14(17)11(8-16)6-10-4-5-13(18-3)12(15)7-10/h4-7,9H,1-3H3/b11-6+. The van der Waals surface area contributed by atoms with E-state index in [0.29, 0.717) is 11.3 Å². The van der Waals surface area contributed by atoms with Gasteiger partial charge in [-0.1, -0.05) is 6.07 Å². The molecule has 0 unspecified atom stereocenters. The molecule has 0 bridgehead atoms. The number of halogens is 1. The zero-order chi connectivity index (χ0) is 14.4. The average molecular weight is 324 g/mol. The van der Waals surface area contributed by atoms with E-state index < -0.39 is 5.97 Å². The zero-order valence-corrected chi connectivity index (χ0v) is 12.5. The molecule has 0 radical (unpaired) electrons. The van der Waals surface area contributed by atoms with Crippen LogP contribution in [0.4, 0.5) is 0 Å². The van der Waals surface area contributed by atoms with Crippen LogP contribution in [0.25, 0.3) is 6.08 Å². The molecule has 1 aromatic carbocycles. The van der Waals surface area contributed by atoms with Gasteiger partial charge < -0.3 is 9.47 Å². The molecule has 0 saturated heterocycles. The molecule has 5 heteroatoms. The molecule has 0 aliphatic rings. The number of benzene rings is 1. The summed E-state index contributed by atoms with van der Waals surface area (Å²) in [4.78, 5) is 11.6. The number of nitrogens with zero attached hydrogens (tertiary/aromatic N) is 1. The van der Waals surface area contributed by atoms with E-state index in [4.69, 9.17) is 14.7 Å².